The van der Waals surface area contributed by atoms with E-state index in [4.69, 9.17) is 11.6 Å². The molecular weight excluding hydrogens is 291 g/mol. The SMILES string of the molecule is FC(F)(F)Oc1ccc(CN2CCC(CCl)CC2)cc1. The predicted octanol–water partition coefficient (Wildman–Crippen LogP) is 4.04. The molecule has 0 aliphatic carbocycles. The number of hydrogen-bond acceptors (Lipinski definition) is 2. The molecule has 2 rings (SSSR count). The van der Waals surface area contributed by atoms with E-state index in [1.807, 2.05) is 0 Å². The van der Waals surface area contributed by atoms with E-state index in [2.05, 4.69) is 9.64 Å². The summed E-state index contributed by atoms with van der Waals surface area (Å²) in [7, 11) is 0. The highest BCUT2D eigenvalue weighted by atomic mass is 35.5. The Balaban J connectivity index is 1.85. The molecular formula is C14H17ClF3NO. The van der Waals surface area contributed by atoms with Gasteiger partial charge in [0, 0.05) is 12.4 Å². The third kappa shape index (κ3) is 4.87. The zero-order valence-electron chi connectivity index (χ0n) is 11.0. The Hall–Kier alpha value is -0.940. The van der Waals surface area contributed by atoms with E-state index in [0.717, 1.165) is 38.0 Å². The molecule has 20 heavy (non-hydrogen) atoms. The summed E-state index contributed by atoms with van der Waals surface area (Å²) in [4.78, 5) is 2.29. The average molecular weight is 308 g/mol. The van der Waals surface area contributed by atoms with Gasteiger partial charge in [-0.2, -0.15) is 0 Å². The first-order valence-electron chi connectivity index (χ1n) is 6.59. The first-order chi connectivity index (χ1) is 9.46. The number of alkyl halides is 4. The summed E-state index contributed by atoms with van der Waals surface area (Å²) in [6.07, 6.45) is -2.47. The molecule has 0 aromatic heterocycles. The molecule has 0 N–H and O–H groups in total. The van der Waals surface area contributed by atoms with Gasteiger partial charge in [-0.05, 0) is 49.5 Å². The van der Waals surface area contributed by atoms with Crippen LogP contribution in [-0.2, 0) is 6.54 Å². The lowest BCUT2D eigenvalue weighted by atomic mass is 9.98. The van der Waals surface area contributed by atoms with Crippen molar-refractivity contribution in [3.8, 4) is 5.75 Å². The molecule has 1 aliphatic rings. The van der Waals surface area contributed by atoms with Gasteiger partial charge in [0.1, 0.15) is 5.75 Å². The molecule has 1 aromatic carbocycles. The summed E-state index contributed by atoms with van der Waals surface area (Å²) >= 11 is 5.83. The van der Waals surface area contributed by atoms with E-state index in [1.165, 1.54) is 12.1 Å². The lowest BCUT2D eigenvalue weighted by molar-refractivity contribution is -0.274. The van der Waals surface area contributed by atoms with E-state index in [9.17, 15) is 13.2 Å². The number of rotatable bonds is 4. The standard InChI is InChI=1S/C14H17ClF3NO/c15-9-11-5-7-19(8-6-11)10-12-1-3-13(4-2-12)20-14(16,17)18/h1-4,11H,5-10H2. The predicted molar refractivity (Wildman–Crippen MR) is 71.8 cm³/mol. The zero-order valence-corrected chi connectivity index (χ0v) is 11.8. The van der Waals surface area contributed by atoms with Crippen LogP contribution >= 0.6 is 11.6 Å². The van der Waals surface area contributed by atoms with E-state index < -0.39 is 6.36 Å². The van der Waals surface area contributed by atoms with E-state index >= 15 is 0 Å². The molecule has 1 heterocycles. The number of halogens is 4. The minimum absolute atomic E-state index is 0.179. The highest BCUT2D eigenvalue weighted by molar-refractivity contribution is 6.18. The first kappa shape index (κ1) is 15.4. The Bertz CT molecular complexity index is 413. The Kier molecular flexibility index (Phi) is 5.16. The highest BCUT2D eigenvalue weighted by Gasteiger charge is 2.31. The minimum Gasteiger partial charge on any atom is -0.406 e. The summed E-state index contributed by atoms with van der Waals surface area (Å²) in [6.45, 7) is 2.72. The molecule has 112 valence electrons. The van der Waals surface area contributed by atoms with Crippen LogP contribution in [0.2, 0.25) is 0 Å². The van der Waals surface area contributed by atoms with Crippen molar-refractivity contribution in [3.05, 3.63) is 29.8 Å². The monoisotopic (exact) mass is 307 g/mol. The second-order valence-electron chi connectivity index (χ2n) is 5.07. The van der Waals surface area contributed by atoms with Crippen molar-refractivity contribution in [3.63, 3.8) is 0 Å². The van der Waals surface area contributed by atoms with Gasteiger partial charge in [-0.1, -0.05) is 12.1 Å². The second-order valence-corrected chi connectivity index (χ2v) is 5.37. The van der Waals surface area contributed by atoms with E-state index in [1.54, 1.807) is 12.1 Å². The topological polar surface area (TPSA) is 12.5 Å². The van der Waals surface area contributed by atoms with Gasteiger partial charge in [-0.15, -0.1) is 24.8 Å². The maximum atomic E-state index is 12.0. The number of benzene rings is 1. The minimum atomic E-state index is -4.63. The Labute approximate surface area is 121 Å². The summed E-state index contributed by atoms with van der Waals surface area (Å²) in [5, 5.41) is 0. The van der Waals surface area contributed by atoms with Gasteiger partial charge in [-0.3, -0.25) is 4.90 Å². The van der Waals surface area contributed by atoms with Gasteiger partial charge in [0.25, 0.3) is 0 Å². The van der Waals surface area contributed by atoms with Crippen LogP contribution < -0.4 is 4.74 Å². The molecule has 0 unspecified atom stereocenters. The summed E-state index contributed by atoms with van der Waals surface area (Å²) in [5.41, 5.74) is 0.990. The molecule has 0 amide bonds. The fourth-order valence-corrected chi connectivity index (χ4v) is 2.66. The van der Waals surface area contributed by atoms with Gasteiger partial charge in [0.2, 0.25) is 0 Å². The van der Waals surface area contributed by atoms with E-state index in [0.29, 0.717) is 11.8 Å². The molecule has 6 heteroatoms. The van der Waals surface area contributed by atoms with Crippen LogP contribution in [0.4, 0.5) is 13.2 Å². The van der Waals surface area contributed by atoms with Crippen LogP contribution in [-0.4, -0.2) is 30.2 Å². The molecule has 0 bridgehead atoms. The van der Waals surface area contributed by atoms with Crippen molar-refractivity contribution in [1.29, 1.82) is 0 Å². The fraction of sp³-hybridized carbons (Fsp3) is 0.571. The molecule has 1 aromatic rings. The second kappa shape index (κ2) is 6.68. The van der Waals surface area contributed by atoms with Gasteiger partial charge in [0.05, 0.1) is 0 Å². The van der Waals surface area contributed by atoms with E-state index in [-0.39, 0.29) is 5.75 Å². The third-order valence-electron chi connectivity index (χ3n) is 3.49. The number of piperidine rings is 1. The zero-order chi connectivity index (χ0) is 14.6. The van der Waals surface area contributed by atoms with Crippen LogP contribution in [0.25, 0.3) is 0 Å². The normalized spacial score (nSPS) is 18.2. The molecule has 0 atom stereocenters. The number of hydrogen-bond donors (Lipinski definition) is 0. The number of likely N-dealkylation sites (tertiary alicyclic amines) is 1. The quantitative estimate of drug-likeness (QED) is 0.779. The van der Waals surface area contributed by atoms with Crippen molar-refractivity contribution >= 4 is 11.6 Å². The van der Waals surface area contributed by atoms with Gasteiger partial charge in [-0.25, -0.2) is 0 Å². The molecule has 1 saturated heterocycles. The number of nitrogens with zero attached hydrogens (tertiary/aromatic N) is 1. The van der Waals surface area contributed by atoms with Crippen LogP contribution in [0.3, 0.4) is 0 Å². The Morgan fingerprint density at radius 1 is 1.15 bits per heavy atom. The molecule has 1 fully saturated rings. The van der Waals surface area contributed by atoms with Crippen LogP contribution in [0.1, 0.15) is 18.4 Å². The smallest absolute Gasteiger partial charge is 0.406 e. The average Bonchev–Trinajstić information content (AvgIpc) is 2.40. The molecule has 0 spiro atoms. The van der Waals surface area contributed by atoms with Crippen LogP contribution in [0, 0.1) is 5.92 Å². The molecule has 2 nitrogen and oxygen atoms in total. The summed E-state index contributed by atoms with van der Waals surface area (Å²) in [6, 6.07) is 6.06. The third-order valence-corrected chi connectivity index (χ3v) is 3.92. The van der Waals surface area contributed by atoms with Gasteiger partial charge in [0.15, 0.2) is 0 Å². The first-order valence-corrected chi connectivity index (χ1v) is 7.13. The largest absolute Gasteiger partial charge is 0.573 e. The maximum Gasteiger partial charge on any atom is 0.573 e. The summed E-state index contributed by atoms with van der Waals surface area (Å²) < 4.78 is 40.0. The summed E-state index contributed by atoms with van der Waals surface area (Å²) in [5.74, 6) is 1.12. The lowest BCUT2D eigenvalue weighted by Gasteiger charge is -2.31. The Morgan fingerprint density at radius 2 is 1.75 bits per heavy atom. The van der Waals surface area contributed by atoms with Crippen molar-refractivity contribution in [1.82, 2.24) is 4.90 Å². The molecule has 0 saturated carbocycles. The lowest BCUT2D eigenvalue weighted by Crippen LogP contribution is -2.33. The maximum absolute atomic E-state index is 12.0. The molecule has 0 radical (unpaired) electrons. The van der Waals surface area contributed by atoms with Crippen molar-refractivity contribution in [2.24, 2.45) is 5.92 Å². The number of ether oxygens (including phenoxy) is 1. The highest BCUT2D eigenvalue weighted by Crippen LogP contribution is 2.24. The van der Waals surface area contributed by atoms with Crippen molar-refractivity contribution in [2.45, 2.75) is 25.7 Å². The van der Waals surface area contributed by atoms with Crippen molar-refractivity contribution in [2.75, 3.05) is 19.0 Å². The Morgan fingerprint density at radius 3 is 2.25 bits per heavy atom. The van der Waals surface area contributed by atoms with Crippen LogP contribution in [0.5, 0.6) is 5.75 Å². The van der Waals surface area contributed by atoms with Gasteiger partial charge < -0.3 is 4.74 Å². The molecule has 1 aliphatic heterocycles. The van der Waals surface area contributed by atoms with Gasteiger partial charge >= 0.3 is 6.36 Å². The fourth-order valence-electron chi connectivity index (χ4n) is 2.35. The van der Waals surface area contributed by atoms with Crippen LogP contribution in [0.15, 0.2) is 24.3 Å². The van der Waals surface area contributed by atoms with Crippen molar-refractivity contribution < 1.29 is 17.9 Å².